The smallest absolute Gasteiger partial charge is 0.311 e. The van der Waals surface area contributed by atoms with Gasteiger partial charge in [-0.2, -0.15) is 0 Å². The number of carbonyl (C=O) groups excluding carboxylic acids is 2. The first kappa shape index (κ1) is 19.0. The maximum Gasteiger partial charge on any atom is 0.311 e. The topological polar surface area (TPSA) is 72.3 Å². The van der Waals surface area contributed by atoms with Gasteiger partial charge in [-0.05, 0) is 57.0 Å². The van der Waals surface area contributed by atoms with Crippen LogP contribution in [0.5, 0.6) is 0 Å². The number of rotatable bonds is 5. The van der Waals surface area contributed by atoms with Crippen LogP contribution in [0, 0.1) is 20.8 Å². The SMILES string of the molecule is Cc1cc2occ(CC(=O)O[C@H](C)C(=O)c3c(C)[nH]c4ccccc34)c2cc1C. The number of aryl methyl sites for hydroxylation is 3. The largest absolute Gasteiger partial charge is 0.464 e. The number of benzene rings is 2. The standard InChI is InChI=1S/C24H23NO4/c1-13-9-19-17(12-28-21(19)10-14(13)2)11-22(26)29-16(4)24(27)23-15(3)25-20-8-6-5-7-18(20)23/h5-10,12,16,25H,11H2,1-4H3/t16-/m1/s1. The van der Waals surface area contributed by atoms with E-state index in [-0.39, 0.29) is 12.2 Å². The van der Waals surface area contributed by atoms with Crippen LogP contribution in [-0.2, 0) is 16.0 Å². The van der Waals surface area contributed by atoms with Gasteiger partial charge in [-0.3, -0.25) is 9.59 Å². The van der Waals surface area contributed by atoms with Crippen molar-refractivity contribution in [1.82, 2.24) is 4.98 Å². The molecule has 2 heterocycles. The van der Waals surface area contributed by atoms with E-state index in [2.05, 4.69) is 4.98 Å². The Balaban J connectivity index is 1.52. The summed E-state index contributed by atoms with van der Waals surface area (Å²) in [7, 11) is 0. The van der Waals surface area contributed by atoms with Gasteiger partial charge in [0.05, 0.1) is 12.7 Å². The number of para-hydroxylation sites is 1. The molecule has 1 N–H and O–H groups in total. The Morgan fingerprint density at radius 3 is 2.59 bits per heavy atom. The molecule has 1 atom stereocenters. The summed E-state index contributed by atoms with van der Waals surface area (Å²) < 4.78 is 11.1. The van der Waals surface area contributed by atoms with Crippen LogP contribution in [0.1, 0.15) is 39.7 Å². The summed E-state index contributed by atoms with van der Waals surface area (Å²) in [5, 5.41) is 1.74. The molecule has 4 rings (SSSR count). The minimum absolute atomic E-state index is 0.0555. The summed E-state index contributed by atoms with van der Waals surface area (Å²) in [5.74, 6) is -0.666. The number of furan rings is 1. The van der Waals surface area contributed by atoms with E-state index < -0.39 is 12.1 Å². The second-order valence-electron chi connectivity index (χ2n) is 7.54. The number of H-pyrrole nitrogens is 1. The van der Waals surface area contributed by atoms with Crippen molar-refractivity contribution >= 4 is 33.6 Å². The molecular weight excluding hydrogens is 366 g/mol. The number of hydrogen-bond acceptors (Lipinski definition) is 4. The second kappa shape index (κ2) is 7.24. The van der Waals surface area contributed by atoms with Crippen molar-refractivity contribution in [3.05, 3.63) is 70.6 Å². The summed E-state index contributed by atoms with van der Waals surface area (Å²) in [4.78, 5) is 28.7. The molecule has 5 heteroatoms. The summed E-state index contributed by atoms with van der Waals surface area (Å²) in [5.41, 5.74) is 6.00. The lowest BCUT2D eigenvalue weighted by atomic mass is 10.0. The second-order valence-corrected chi connectivity index (χ2v) is 7.54. The summed E-state index contributed by atoms with van der Waals surface area (Å²) in [6.45, 7) is 7.51. The first-order chi connectivity index (χ1) is 13.8. The predicted molar refractivity (Wildman–Crippen MR) is 112 cm³/mol. The molecule has 0 bridgehead atoms. The van der Waals surface area contributed by atoms with Crippen LogP contribution < -0.4 is 0 Å². The molecule has 5 nitrogen and oxygen atoms in total. The molecule has 2 aromatic heterocycles. The number of fused-ring (bicyclic) bond motifs is 2. The number of aromatic amines is 1. The van der Waals surface area contributed by atoms with Gasteiger partial charge in [-0.15, -0.1) is 0 Å². The number of nitrogens with one attached hydrogen (secondary N) is 1. The van der Waals surface area contributed by atoms with Crippen molar-refractivity contribution in [2.24, 2.45) is 0 Å². The number of ketones is 1. The molecule has 29 heavy (non-hydrogen) atoms. The highest BCUT2D eigenvalue weighted by Crippen LogP contribution is 2.26. The molecule has 2 aromatic carbocycles. The van der Waals surface area contributed by atoms with E-state index in [1.165, 1.54) is 0 Å². The monoisotopic (exact) mass is 389 g/mol. The molecule has 0 aliphatic rings. The molecule has 0 fully saturated rings. The van der Waals surface area contributed by atoms with E-state index in [1.54, 1.807) is 13.2 Å². The molecule has 148 valence electrons. The van der Waals surface area contributed by atoms with Crippen LogP contribution in [0.2, 0.25) is 0 Å². The van der Waals surface area contributed by atoms with Crippen LogP contribution in [-0.4, -0.2) is 22.8 Å². The van der Waals surface area contributed by atoms with Crippen molar-refractivity contribution in [2.45, 2.75) is 40.2 Å². The van der Waals surface area contributed by atoms with Crippen LogP contribution in [0.4, 0.5) is 0 Å². The average Bonchev–Trinajstić information content (AvgIpc) is 3.21. The molecule has 0 unspecified atom stereocenters. The Labute approximate surface area is 168 Å². The zero-order valence-electron chi connectivity index (χ0n) is 17.0. The van der Waals surface area contributed by atoms with E-state index >= 15 is 0 Å². The van der Waals surface area contributed by atoms with E-state index in [9.17, 15) is 9.59 Å². The highest BCUT2D eigenvalue weighted by molar-refractivity contribution is 6.11. The number of ether oxygens (including phenoxy) is 1. The lowest BCUT2D eigenvalue weighted by Gasteiger charge is -2.12. The highest BCUT2D eigenvalue weighted by atomic mass is 16.5. The summed E-state index contributed by atoms with van der Waals surface area (Å²) in [6.07, 6.45) is 0.767. The third-order valence-corrected chi connectivity index (χ3v) is 5.42. The zero-order valence-corrected chi connectivity index (χ0v) is 17.0. The lowest BCUT2D eigenvalue weighted by molar-refractivity contribution is -0.145. The maximum absolute atomic E-state index is 13.0. The molecule has 0 spiro atoms. The fourth-order valence-electron chi connectivity index (χ4n) is 3.72. The Hall–Kier alpha value is -3.34. The zero-order chi connectivity index (χ0) is 20.7. The third kappa shape index (κ3) is 3.44. The Morgan fingerprint density at radius 1 is 1.07 bits per heavy atom. The molecule has 0 aliphatic heterocycles. The van der Waals surface area contributed by atoms with Crippen LogP contribution >= 0.6 is 0 Å². The minimum Gasteiger partial charge on any atom is -0.464 e. The average molecular weight is 389 g/mol. The van der Waals surface area contributed by atoms with Gasteiger partial charge in [0.1, 0.15) is 5.58 Å². The van der Waals surface area contributed by atoms with Gasteiger partial charge >= 0.3 is 5.97 Å². The predicted octanol–water partition coefficient (Wildman–Crippen LogP) is 5.20. The quantitative estimate of drug-likeness (QED) is 0.376. The summed E-state index contributed by atoms with van der Waals surface area (Å²) in [6, 6.07) is 11.6. The van der Waals surface area contributed by atoms with Crippen molar-refractivity contribution in [2.75, 3.05) is 0 Å². The van der Waals surface area contributed by atoms with Gasteiger partial charge < -0.3 is 14.1 Å². The van der Waals surface area contributed by atoms with Gasteiger partial charge in [0, 0.05) is 33.1 Å². The molecular formula is C24H23NO4. The maximum atomic E-state index is 13.0. The molecule has 0 amide bonds. The van der Waals surface area contributed by atoms with Crippen LogP contribution in [0.15, 0.2) is 47.1 Å². The lowest BCUT2D eigenvalue weighted by Crippen LogP contribution is -2.25. The molecule has 0 radical (unpaired) electrons. The van der Waals surface area contributed by atoms with Crippen LogP contribution in [0.25, 0.3) is 21.9 Å². The first-order valence-electron chi connectivity index (χ1n) is 9.63. The number of hydrogen-bond donors (Lipinski definition) is 1. The summed E-state index contributed by atoms with van der Waals surface area (Å²) >= 11 is 0. The first-order valence-corrected chi connectivity index (χ1v) is 9.63. The van der Waals surface area contributed by atoms with Gasteiger partial charge in [-0.1, -0.05) is 18.2 Å². The van der Waals surface area contributed by atoms with Gasteiger partial charge in [-0.25, -0.2) is 0 Å². The number of aromatic nitrogens is 1. The number of esters is 1. The van der Waals surface area contributed by atoms with Crippen LogP contribution in [0.3, 0.4) is 0 Å². The Bertz CT molecular complexity index is 1240. The Kier molecular flexibility index (Phi) is 4.74. The molecule has 0 saturated heterocycles. The normalized spacial score (nSPS) is 12.4. The Morgan fingerprint density at radius 2 is 1.79 bits per heavy atom. The van der Waals surface area contributed by atoms with Gasteiger partial charge in [0.15, 0.2) is 6.10 Å². The van der Waals surface area contributed by atoms with Gasteiger partial charge in [0.2, 0.25) is 5.78 Å². The fourth-order valence-corrected chi connectivity index (χ4v) is 3.72. The fraction of sp³-hybridized carbons (Fsp3) is 0.250. The van der Waals surface area contributed by atoms with E-state index in [4.69, 9.17) is 9.15 Å². The van der Waals surface area contributed by atoms with Crippen molar-refractivity contribution < 1.29 is 18.7 Å². The van der Waals surface area contributed by atoms with Crippen molar-refractivity contribution in [3.63, 3.8) is 0 Å². The van der Waals surface area contributed by atoms with E-state index in [0.29, 0.717) is 5.56 Å². The minimum atomic E-state index is -0.873. The highest BCUT2D eigenvalue weighted by Gasteiger charge is 2.25. The van der Waals surface area contributed by atoms with E-state index in [1.807, 2.05) is 57.2 Å². The molecule has 0 aliphatic carbocycles. The molecule has 0 saturated carbocycles. The third-order valence-electron chi connectivity index (χ3n) is 5.42. The van der Waals surface area contributed by atoms with Gasteiger partial charge in [0.25, 0.3) is 0 Å². The number of Topliss-reactive ketones (excluding diaryl/α,β-unsaturated/α-hetero) is 1. The number of carbonyl (C=O) groups is 2. The van der Waals surface area contributed by atoms with Crippen molar-refractivity contribution in [1.29, 1.82) is 0 Å². The van der Waals surface area contributed by atoms with Crippen molar-refractivity contribution in [3.8, 4) is 0 Å². The van der Waals surface area contributed by atoms with E-state index in [0.717, 1.165) is 44.3 Å². The molecule has 4 aromatic rings.